The summed E-state index contributed by atoms with van der Waals surface area (Å²) in [5, 5.41) is 0.375. The normalized spacial score (nSPS) is 10.7. The number of H-pyrrole nitrogens is 1. The topological polar surface area (TPSA) is 73.4 Å². The Kier molecular flexibility index (Phi) is 4.12. The number of aryl methyl sites for hydroxylation is 1. The van der Waals surface area contributed by atoms with E-state index in [1.165, 1.54) is 21.3 Å². The predicted octanol–water partition coefficient (Wildman–Crippen LogP) is 2.92. The monoisotopic (exact) mass is 326 g/mol. The minimum absolute atomic E-state index is 0.269. The fourth-order valence-corrected chi connectivity index (χ4v) is 2.59. The van der Waals surface area contributed by atoms with Crippen molar-refractivity contribution in [2.45, 2.75) is 6.92 Å². The number of hydrogen-bond acceptors (Lipinski definition) is 5. The van der Waals surface area contributed by atoms with Crippen molar-refractivity contribution < 1.29 is 14.2 Å². The molecule has 1 heterocycles. The van der Waals surface area contributed by atoms with Gasteiger partial charge in [-0.3, -0.25) is 4.79 Å². The Morgan fingerprint density at radius 1 is 0.958 bits per heavy atom. The SMILES string of the molecule is COc1cc2c(=O)[nH]c(-c3ccc(C)cc3)nc2c(OC)c1OC. The number of nitrogens with one attached hydrogen (secondary N) is 1. The standard InChI is InChI=1S/C18H18N2O4/c1-10-5-7-11(8-6-10)17-19-14-12(18(21)20-17)9-13(22-2)15(23-3)16(14)24-4/h5-9H,1-4H3,(H,19,20,21). The molecule has 0 unspecified atom stereocenters. The second-order valence-corrected chi connectivity index (χ2v) is 5.32. The number of fused-ring (bicyclic) bond motifs is 1. The van der Waals surface area contributed by atoms with E-state index in [0.29, 0.717) is 34.0 Å². The number of nitrogens with zero attached hydrogens (tertiary/aromatic N) is 1. The van der Waals surface area contributed by atoms with Crippen LogP contribution in [0.15, 0.2) is 35.1 Å². The molecule has 0 spiro atoms. The summed E-state index contributed by atoms with van der Waals surface area (Å²) in [6.07, 6.45) is 0. The molecule has 0 radical (unpaired) electrons. The Bertz CT molecular complexity index is 946. The Morgan fingerprint density at radius 3 is 2.21 bits per heavy atom. The maximum atomic E-state index is 12.5. The Hall–Kier alpha value is -3.02. The average molecular weight is 326 g/mol. The van der Waals surface area contributed by atoms with Crippen LogP contribution < -0.4 is 19.8 Å². The number of benzene rings is 2. The highest BCUT2D eigenvalue weighted by Gasteiger charge is 2.19. The van der Waals surface area contributed by atoms with Crippen LogP contribution in [0.4, 0.5) is 0 Å². The largest absolute Gasteiger partial charge is 0.493 e. The first-order valence-electron chi connectivity index (χ1n) is 7.39. The van der Waals surface area contributed by atoms with Gasteiger partial charge in [-0.15, -0.1) is 0 Å². The molecule has 0 aliphatic rings. The van der Waals surface area contributed by atoms with Crippen molar-refractivity contribution in [3.8, 4) is 28.6 Å². The molecular weight excluding hydrogens is 308 g/mol. The Morgan fingerprint density at radius 2 is 1.62 bits per heavy atom. The maximum absolute atomic E-state index is 12.5. The molecule has 0 saturated heterocycles. The third-order valence-corrected chi connectivity index (χ3v) is 3.83. The highest BCUT2D eigenvalue weighted by molar-refractivity contribution is 5.90. The quantitative estimate of drug-likeness (QED) is 0.798. The van der Waals surface area contributed by atoms with Gasteiger partial charge in [-0.1, -0.05) is 29.8 Å². The molecule has 1 N–H and O–H groups in total. The van der Waals surface area contributed by atoms with Crippen LogP contribution in [0.25, 0.3) is 22.3 Å². The van der Waals surface area contributed by atoms with Gasteiger partial charge in [0, 0.05) is 5.56 Å². The smallest absolute Gasteiger partial charge is 0.259 e. The average Bonchev–Trinajstić information content (AvgIpc) is 2.60. The lowest BCUT2D eigenvalue weighted by molar-refractivity contribution is 0.327. The molecule has 0 aliphatic heterocycles. The van der Waals surface area contributed by atoms with Crippen molar-refractivity contribution in [2.24, 2.45) is 0 Å². The van der Waals surface area contributed by atoms with Gasteiger partial charge in [0.15, 0.2) is 11.5 Å². The number of aromatic nitrogens is 2. The van der Waals surface area contributed by atoms with Crippen LogP contribution in [0.1, 0.15) is 5.56 Å². The molecule has 0 saturated carbocycles. The summed E-state index contributed by atoms with van der Waals surface area (Å²) in [7, 11) is 4.52. The van der Waals surface area contributed by atoms with Gasteiger partial charge >= 0.3 is 0 Å². The number of rotatable bonds is 4. The first-order valence-corrected chi connectivity index (χ1v) is 7.39. The maximum Gasteiger partial charge on any atom is 0.259 e. The van der Waals surface area contributed by atoms with Crippen LogP contribution in [0.5, 0.6) is 17.2 Å². The van der Waals surface area contributed by atoms with Gasteiger partial charge < -0.3 is 19.2 Å². The van der Waals surface area contributed by atoms with E-state index in [2.05, 4.69) is 9.97 Å². The van der Waals surface area contributed by atoms with Crippen LogP contribution in [-0.4, -0.2) is 31.3 Å². The number of aromatic amines is 1. The van der Waals surface area contributed by atoms with E-state index in [0.717, 1.165) is 11.1 Å². The molecule has 124 valence electrons. The van der Waals surface area contributed by atoms with Gasteiger partial charge in [-0.05, 0) is 13.0 Å². The van der Waals surface area contributed by atoms with Gasteiger partial charge in [0.25, 0.3) is 5.56 Å². The second-order valence-electron chi connectivity index (χ2n) is 5.32. The summed E-state index contributed by atoms with van der Waals surface area (Å²) < 4.78 is 16.1. The van der Waals surface area contributed by atoms with Gasteiger partial charge in [0.05, 0.1) is 26.7 Å². The van der Waals surface area contributed by atoms with Crippen molar-refractivity contribution in [1.82, 2.24) is 9.97 Å². The molecule has 0 atom stereocenters. The second kappa shape index (κ2) is 6.23. The molecule has 6 nitrogen and oxygen atoms in total. The first kappa shape index (κ1) is 15.9. The molecule has 0 bridgehead atoms. The molecule has 3 aromatic rings. The minimum Gasteiger partial charge on any atom is -0.493 e. The van der Waals surface area contributed by atoms with E-state index in [1.807, 2.05) is 31.2 Å². The minimum atomic E-state index is -0.269. The lowest BCUT2D eigenvalue weighted by Crippen LogP contribution is -2.11. The summed E-state index contributed by atoms with van der Waals surface area (Å²) in [5.41, 5.74) is 2.10. The van der Waals surface area contributed by atoms with Gasteiger partial charge in [0.1, 0.15) is 11.3 Å². The van der Waals surface area contributed by atoms with Gasteiger partial charge in [0.2, 0.25) is 5.75 Å². The fourth-order valence-electron chi connectivity index (χ4n) is 2.59. The molecule has 3 rings (SSSR count). The summed E-state index contributed by atoms with van der Waals surface area (Å²) >= 11 is 0. The number of methoxy groups -OCH3 is 3. The zero-order valence-corrected chi connectivity index (χ0v) is 14.0. The third-order valence-electron chi connectivity index (χ3n) is 3.83. The van der Waals surface area contributed by atoms with Crippen molar-refractivity contribution in [1.29, 1.82) is 0 Å². The van der Waals surface area contributed by atoms with Crippen LogP contribution in [0.3, 0.4) is 0 Å². The van der Waals surface area contributed by atoms with E-state index >= 15 is 0 Å². The first-order chi connectivity index (χ1) is 11.6. The zero-order valence-electron chi connectivity index (χ0n) is 14.0. The van der Waals surface area contributed by atoms with E-state index in [9.17, 15) is 4.79 Å². The lowest BCUT2D eigenvalue weighted by atomic mass is 10.1. The van der Waals surface area contributed by atoms with Gasteiger partial charge in [-0.25, -0.2) is 4.98 Å². The zero-order chi connectivity index (χ0) is 17.3. The highest BCUT2D eigenvalue weighted by atomic mass is 16.5. The number of ether oxygens (including phenoxy) is 3. The Labute approximate surface area is 139 Å². The van der Waals surface area contributed by atoms with Crippen molar-refractivity contribution in [3.63, 3.8) is 0 Å². The summed E-state index contributed by atoms with van der Waals surface area (Å²) in [5.74, 6) is 1.65. The van der Waals surface area contributed by atoms with Crippen molar-refractivity contribution in [3.05, 3.63) is 46.2 Å². The van der Waals surface area contributed by atoms with Crippen molar-refractivity contribution >= 4 is 10.9 Å². The molecule has 24 heavy (non-hydrogen) atoms. The van der Waals surface area contributed by atoms with E-state index in [4.69, 9.17) is 14.2 Å². The lowest BCUT2D eigenvalue weighted by Gasteiger charge is -2.14. The van der Waals surface area contributed by atoms with Crippen LogP contribution >= 0.6 is 0 Å². The molecule has 0 fully saturated rings. The van der Waals surface area contributed by atoms with Crippen molar-refractivity contribution in [2.75, 3.05) is 21.3 Å². The number of hydrogen-bond donors (Lipinski definition) is 1. The summed E-state index contributed by atoms with van der Waals surface area (Å²) in [4.78, 5) is 19.9. The summed E-state index contributed by atoms with van der Waals surface area (Å²) in [6.45, 7) is 2.00. The van der Waals surface area contributed by atoms with E-state index < -0.39 is 0 Å². The van der Waals surface area contributed by atoms with E-state index in [1.54, 1.807) is 6.07 Å². The van der Waals surface area contributed by atoms with Crippen LogP contribution in [-0.2, 0) is 0 Å². The third kappa shape index (κ3) is 2.56. The predicted molar refractivity (Wildman–Crippen MR) is 92.2 cm³/mol. The molecule has 0 aliphatic carbocycles. The fraction of sp³-hybridized carbons (Fsp3) is 0.222. The molecular formula is C18H18N2O4. The van der Waals surface area contributed by atoms with E-state index in [-0.39, 0.29) is 5.56 Å². The highest BCUT2D eigenvalue weighted by Crippen LogP contribution is 2.41. The van der Waals surface area contributed by atoms with Gasteiger partial charge in [-0.2, -0.15) is 0 Å². The molecule has 6 heteroatoms. The Balaban J connectivity index is 2.34. The molecule has 1 aromatic heterocycles. The van der Waals surface area contributed by atoms with Crippen LogP contribution in [0.2, 0.25) is 0 Å². The molecule has 2 aromatic carbocycles. The van der Waals surface area contributed by atoms with Crippen LogP contribution in [0, 0.1) is 6.92 Å². The summed E-state index contributed by atoms with van der Waals surface area (Å²) in [6, 6.07) is 9.34. The molecule has 0 amide bonds.